The van der Waals surface area contributed by atoms with Gasteiger partial charge in [0.15, 0.2) is 9.84 Å². The van der Waals surface area contributed by atoms with E-state index in [4.69, 9.17) is 9.47 Å². The molecule has 1 aliphatic rings. The fourth-order valence-corrected chi connectivity index (χ4v) is 3.48. The molecule has 0 N–H and O–H groups in total. The minimum atomic E-state index is -3.36. The maximum absolute atomic E-state index is 13.0. The van der Waals surface area contributed by atoms with E-state index in [1.54, 1.807) is 29.2 Å². The summed E-state index contributed by atoms with van der Waals surface area (Å²) in [7, 11) is -3.36. The van der Waals surface area contributed by atoms with Gasteiger partial charge < -0.3 is 14.4 Å². The Kier molecular flexibility index (Phi) is 6.11. The van der Waals surface area contributed by atoms with Crippen molar-refractivity contribution in [3.8, 4) is 0 Å². The van der Waals surface area contributed by atoms with E-state index in [-0.39, 0.29) is 16.4 Å². The van der Waals surface area contributed by atoms with Gasteiger partial charge in [0.2, 0.25) is 6.10 Å². The molecule has 1 heterocycles. The quantitative estimate of drug-likeness (QED) is 0.708. The number of carbonyl (C=O) groups is 2. The molecule has 28 heavy (non-hydrogen) atoms. The average Bonchev–Trinajstić information content (AvgIpc) is 2.72. The van der Waals surface area contributed by atoms with Crippen molar-refractivity contribution in [3.63, 3.8) is 0 Å². The van der Waals surface area contributed by atoms with Gasteiger partial charge >= 0.3 is 5.97 Å². The monoisotopic (exact) mass is 403 g/mol. The van der Waals surface area contributed by atoms with Crippen LogP contribution in [0.4, 0.5) is 0 Å². The maximum Gasteiger partial charge on any atom is 0.339 e. The van der Waals surface area contributed by atoms with Crippen molar-refractivity contribution in [3.05, 3.63) is 65.7 Å². The van der Waals surface area contributed by atoms with E-state index in [2.05, 4.69) is 0 Å². The Morgan fingerprint density at radius 2 is 1.61 bits per heavy atom. The molecule has 2 aromatic carbocycles. The summed E-state index contributed by atoms with van der Waals surface area (Å²) in [5.74, 6) is -1.01. The molecule has 0 radical (unpaired) electrons. The first-order chi connectivity index (χ1) is 13.4. The molecule has 0 bridgehead atoms. The highest BCUT2D eigenvalue weighted by molar-refractivity contribution is 7.90. The van der Waals surface area contributed by atoms with Crippen molar-refractivity contribution in [2.75, 3.05) is 32.6 Å². The van der Waals surface area contributed by atoms with E-state index in [0.717, 1.165) is 6.26 Å². The Morgan fingerprint density at radius 3 is 2.18 bits per heavy atom. The highest BCUT2D eigenvalue weighted by atomic mass is 32.2. The Morgan fingerprint density at radius 1 is 1.00 bits per heavy atom. The topological polar surface area (TPSA) is 90.0 Å². The molecule has 7 nitrogen and oxygen atoms in total. The molecule has 1 fully saturated rings. The van der Waals surface area contributed by atoms with Crippen molar-refractivity contribution < 1.29 is 27.5 Å². The second-order valence-corrected chi connectivity index (χ2v) is 8.45. The summed E-state index contributed by atoms with van der Waals surface area (Å²) in [5, 5.41) is 0. The molecule has 0 saturated carbocycles. The van der Waals surface area contributed by atoms with E-state index >= 15 is 0 Å². The number of sulfone groups is 1. The van der Waals surface area contributed by atoms with Crippen LogP contribution in [-0.2, 0) is 24.1 Å². The lowest BCUT2D eigenvalue weighted by molar-refractivity contribution is -0.145. The van der Waals surface area contributed by atoms with Gasteiger partial charge in [-0.15, -0.1) is 0 Å². The van der Waals surface area contributed by atoms with Crippen LogP contribution in [0.5, 0.6) is 0 Å². The molecule has 3 rings (SSSR count). The lowest BCUT2D eigenvalue weighted by atomic mass is 10.1. The number of morpholine rings is 1. The van der Waals surface area contributed by atoms with Crippen LogP contribution in [0.15, 0.2) is 59.5 Å². The molecule has 0 unspecified atom stereocenters. The van der Waals surface area contributed by atoms with Crippen molar-refractivity contribution in [1.82, 2.24) is 4.90 Å². The number of ether oxygens (including phenoxy) is 2. The normalized spacial score (nSPS) is 15.7. The fourth-order valence-electron chi connectivity index (χ4n) is 2.85. The number of hydrogen-bond acceptors (Lipinski definition) is 6. The van der Waals surface area contributed by atoms with Crippen molar-refractivity contribution in [1.29, 1.82) is 0 Å². The van der Waals surface area contributed by atoms with Crippen LogP contribution < -0.4 is 0 Å². The number of benzene rings is 2. The molecule has 1 aliphatic heterocycles. The second-order valence-electron chi connectivity index (χ2n) is 6.43. The van der Waals surface area contributed by atoms with Gasteiger partial charge in [-0.1, -0.05) is 30.3 Å². The summed E-state index contributed by atoms with van der Waals surface area (Å²) in [4.78, 5) is 27.3. The van der Waals surface area contributed by atoms with Crippen LogP contribution in [0.1, 0.15) is 22.0 Å². The zero-order valence-electron chi connectivity index (χ0n) is 15.4. The van der Waals surface area contributed by atoms with E-state index < -0.39 is 21.9 Å². The Hall–Kier alpha value is -2.71. The number of rotatable bonds is 5. The largest absolute Gasteiger partial charge is 0.444 e. The van der Waals surface area contributed by atoms with Gasteiger partial charge in [0, 0.05) is 24.9 Å². The molecule has 148 valence electrons. The number of esters is 1. The summed E-state index contributed by atoms with van der Waals surface area (Å²) in [6.45, 7) is 1.74. The molecule has 0 aliphatic carbocycles. The molecular formula is C20H21NO6S. The average molecular weight is 403 g/mol. The minimum absolute atomic E-state index is 0.105. The third kappa shape index (κ3) is 4.76. The van der Waals surface area contributed by atoms with Crippen LogP contribution in [0.25, 0.3) is 0 Å². The number of amides is 1. The standard InChI is InChI=1S/C20H21NO6S/c1-28(24,25)17-9-7-16(8-10-17)20(23)27-18(15-5-3-2-4-6-15)19(22)21-11-13-26-14-12-21/h2-10,18H,11-14H2,1H3/t18-/m0/s1. The smallest absolute Gasteiger partial charge is 0.339 e. The first-order valence-corrected chi connectivity index (χ1v) is 10.7. The highest BCUT2D eigenvalue weighted by Crippen LogP contribution is 2.23. The zero-order chi connectivity index (χ0) is 20.1. The lowest BCUT2D eigenvalue weighted by Gasteiger charge is -2.30. The van der Waals surface area contributed by atoms with Crippen LogP contribution in [0.3, 0.4) is 0 Å². The van der Waals surface area contributed by atoms with Gasteiger partial charge in [-0.25, -0.2) is 13.2 Å². The molecule has 8 heteroatoms. The van der Waals surface area contributed by atoms with Gasteiger partial charge in [0.05, 0.1) is 23.7 Å². The van der Waals surface area contributed by atoms with Gasteiger partial charge in [0.1, 0.15) is 0 Å². The van der Waals surface area contributed by atoms with Crippen LogP contribution >= 0.6 is 0 Å². The summed E-state index contributed by atoms with van der Waals surface area (Å²) in [6, 6.07) is 14.2. The first kappa shape index (κ1) is 20.0. The van der Waals surface area contributed by atoms with Gasteiger partial charge in [-0.05, 0) is 24.3 Å². The lowest BCUT2D eigenvalue weighted by Crippen LogP contribution is -2.44. The van der Waals surface area contributed by atoms with Gasteiger partial charge in [0.25, 0.3) is 5.91 Å². The molecule has 2 aromatic rings. The van der Waals surface area contributed by atoms with Crippen LogP contribution in [0.2, 0.25) is 0 Å². The summed E-state index contributed by atoms with van der Waals surface area (Å²) >= 11 is 0. The van der Waals surface area contributed by atoms with Crippen LogP contribution in [0, 0.1) is 0 Å². The van der Waals surface area contributed by atoms with Gasteiger partial charge in [-0.3, -0.25) is 4.79 Å². The van der Waals surface area contributed by atoms with E-state index in [0.29, 0.717) is 31.9 Å². The summed E-state index contributed by atoms with van der Waals surface area (Å²) in [6.07, 6.45) is 0.00799. The fraction of sp³-hybridized carbons (Fsp3) is 0.300. The predicted octanol–water partition coefficient (Wildman–Crippen LogP) is 1.85. The number of carbonyl (C=O) groups excluding carboxylic acids is 2. The Bertz CT molecular complexity index is 934. The molecule has 0 spiro atoms. The Balaban J connectivity index is 1.82. The SMILES string of the molecule is CS(=O)(=O)c1ccc(C(=O)O[C@H](C(=O)N2CCOCC2)c2ccccc2)cc1. The van der Waals surface area contributed by atoms with Crippen LogP contribution in [-0.4, -0.2) is 57.8 Å². The number of hydrogen-bond donors (Lipinski definition) is 0. The molecule has 0 aromatic heterocycles. The van der Waals surface area contributed by atoms with E-state index in [1.807, 2.05) is 6.07 Å². The van der Waals surface area contributed by atoms with Gasteiger partial charge in [-0.2, -0.15) is 0 Å². The summed E-state index contributed by atoms with van der Waals surface area (Å²) < 4.78 is 33.9. The third-order valence-corrected chi connectivity index (χ3v) is 5.52. The molecule has 1 amide bonds. The van der Waals surface area contributed by atoms with Crippen molar-refractivity contribution >= 4 is 21.7 Å². The van der Waals surface area contributed by atoms with Crippen molar-refractivity contribution in [2.45, 2.75) is 11.0 Å². The minimum Gasteiger partial charge on any atom is -0.444 e. The summed E-state index contributed by atoms with van der Waals surface area (Å²) in [5.41, 5.74) is 0.739. The number of nitrogens with zero attached hydrogens (tertiary/aromatic N) is 1. The first-order valence-electron chi connectivity index (χ1n) is 8.79. The second kappa shape index (κ2) is 8.53. The Labute approximate surface area is 163 Å². The van der Waals surface area contributed by atoms with E-state index in [9.17, 15) is 18.0 Å². The zero-order valence-corrected chi connectivity index (χ0v) is 16.2. The molecule has 1 atom stereocenters. The third-order valence-electron chi connectivity index (χ3n) is 4.39. The molecule has 1 saturated heterocycles. The van der Waals surface area contributed by atoms with E-state index in [1.165, 1.54) is 24.3 Å². The maximum atomic E-state index is 13.0. The van der Waals surface area contributed by atoms with Crippen molar-refractivity contribution in [2.24, 2.45) is 0 Å². The predicted molar refractivity (Wildman–Crippen MR) is 102 cm³/mol. The molecular weight excluding hydrogens is 382 g/mol. The highest BCUT2D eigenvalue weighted by Gasteiger charge is 2.30.